The van der Waals surface area contributed by atoms with E-state index in [-0.39, 0.29) is 6.04 Å². The van der Waals surface area contributed by atoms with Crippen LogP contribution in [0.15, 0.2) is 29.0 Å². The summed E-state index contributed by atoms with van der Waals surface area (Å²) in [5.74, 6) is 0.861. The average Bonchev–Trinajstić information content (AvgIpc) is 2.99. The largest absolute Gasteiger partial charge is 0.508 e. The van der Waals surface area contributed by atoms with Gasteiger partial charge in [0.25, 0.3) is 0 Å². The Morgan fingerprint density at radius 1 is 1.37 bits per heavy atom. The van der Waals surface area contributed by atoms with Crippen molar-refractivity contribution in [1.29, 1.82) is 0 Å². The zero-order valence-corrected chi connectivity index (χ0v) is 11.2. The van der Waals surface area contributed by atoms with Crippen molar-refractivity contribution in [3.8, 4) is 5.75 Å². The van der Waals surface area contributed by atoms with Gasteiger partial charge in [-0.25, -0.2) is 0 Å². The predicted molar refractivity (Wildman–Crippen MR) is 72.0 cm³/mol. The molecule has 2 unspecified atom stereocenters. The number of hydrogen-bond acceptors (Lipinski definition) is 4. The van der Waals surface area contributed by atoms with Crippen LogP contribution in [0.4, 0.5) is 0 Å². The molecule has 2 aromatic rings. The molecule has 2 N–H and O–H groups in total. The highest BCUT2D eigenvalue weighted by atomic mass is 16.5. The summed E-state index contributed by atoms with van der Waals surface area (Å²) in [5.41, 5.74) is 4.48. The Labute approximate surface area is 112 Å². The van der Waals surface area contributed by atoms with Gasteiger partial charge in [-0.3, -0.25) is 0 Å². The molecule has 1 aromatic carbocycles. The number of hydrogen-bond donors (Lipinski definition) is 2. The Morgan fingerprint density at radius 3 is 2.95 bits per heavy atom. The minimum Gasteiger partial charge on any atom is -0.508 e. The summed E-state index contributed by atoms with van der Waals surface area (Å²) in [7, 11) is 0. The van der Waals surface area contributed by atoms with E-state index in [0.717, 1.165) is 17.7 Å². The maximum atomic E-state index is 10.1. The van der Waals surface area contributed by atoms with Gasteiger partial charge in [0.15, 0.2) is 0 Å². The van der Waals surface area contributed by atoms with Crippen LogP contribution >= 0.6 is 0 Å². The quantitative estimate of drug-likeness (QED) is 0.888. The highest BCUT2D eigenvalue weighted by molar-refractivity contribution is 5.50. The van der Waals surface area contributed by atoms with Crippen molar-refractivity contribution < 1.29 is 9.63 Å². The van der Waals surface area contributed by atoms with E-state index in [1.165, 1.54) is 11.1 Å². The monoisotopic (exact) mass is 258 g/mol. The highest BCUT2D eigenvalue weighted by Crippen LogP contribution is 2.45. The lowest BCUT2D eigenvalue weighted by Gasteiger charge is -2.15. The Bertz CT molecular complexity index is 578. The van der Waals surface area contributed by atoms with Gasteiger partial charge in [-0.1, -0.05) is 18.1 Å². The number of rotatable bonds is 3. The summed E-state index contributed by atoms with van der Waals surface area (Å²) in [6, 6.07) is 5.81. The van der Waals surface area contributed by atoms with Gasteiger partial charge in [-0.2, -0.15) is 0 Å². The Morgan fingerprint density at radius 2 is 2.21 bits per heavy atom. The molecule has 1 aliphatic rings. The average molecular weight is 258 g/mol. The van der Waals surface area contributed by atoms with E-state index in [2.05, 4.69) is 24.3 Å². The van der Waals surface area contributed by atoms with Crippen LogP contribution in [0, 0.1) is 6.92 Å². The van der Waals surface area contributed by atoms with Crippen LogP contribution in [0.1, 0.15) is 47.7 Å². The standard InChI is InChI=1S/C15H18N2O2/c1-9-3-4-13(18)15-12(7-10(2)14(9)15)16-8-11-5-6-19-17-11/h3-6,10,12,16,18H,7-8H2,1-2H3. The lowest BCUT2D eigenvalue weighted by molar-refractivity contribution is 0.401. The summed E-state index contributed by atoms with van der Waals surface area (Å²) in [6.45, 7) is 4.97. The molecule has 0 amide bonds. The third-order valence-corrected chi connectivity index (χ3v) is 3.93. The maximum absolute atomic E-state index is 10.1. The third-order valence-electron chi connectivity index (χ3n) is 3.93. The van der Waals surface area contributed by atoms with Crippen LogP contribution in [-0.4, -0.2) is 10.3 Å². The van der Waals surface area contributed by atoms with Crippen molar-refractivity contribution in [3.63, 3.8) is 0 Å². The second kappa shape index (κ2) is 4.70. The van der Waals surface area contributed by atoms with Gasteiger partial charge in [0.1, 0.15) is 12.0 Å². The molecule has 100 valence electrons. The number of aromatic hydroxyl groups is 1. The molecule has 19 heavy (non-hydrogen) atoms. The van der Waals surface area contributed by atoms with E-state index in [0.29, 0.717) is 18.2 Å². The summed E-state index contributed by atoms with van der Waals surface area (Å²) >= 11 is 0. The number of phenols is 1. The summed E-state index contributed by atoms with van der Waals surface area (Å²) < 4.78 is 4.82. The van der Waals surface area contributed by atoms with E-state index in [1.807, 2.05) is 12.1 Å². The van der Waals surface area contributed by atoms with Gasteiger partial charge in [0.05, 0.1) is 5.69 Å². The van der Waals surface area contributed by atoms with Gasteiger partial charge in [0.2, 0.25) is 0 Å². The molecular formula is C15H18N2O2. The fourth-order valence-corrected chi connectivity index (χ4v) is 3.09. The summed E-state index contributed by atoms with van der Waals surface area (Å²) in [6.07, 6.45) is 2.58. The smallest absolute Gasteiger partial charge is 0.124 e. The zero-order chi connectivity index (χ0) is 13.4. The lowest BCUT2D eigenvalue weighted by Crippen LogP contribution is -2.19. The van der Waals surface area contributed by atoms with Crippen LogP contribution in [0.25, 0.3) is 0 Å². The van der Waals surface area contributed by atoms with E-state index in [9.17, 15) is 5.11 Å². The molecule has 0 fully saturated rings. The van der Waals surface area contributed by atoms with Crippen LogP contribution in [0.3, 0.4) is 0 Å². The summed E-state index contributed by atoms with van der Waals surface area (Å²) in [5, 5.41) is 17.5. The normalized spacial score (nSPS) is 21.6. The van der Waals surface area contributed by atoms with Crippen molar-refractivity contribution >= 4 is 0 Å². The molecule has 0 saturated carbocycles. The van der Waals surface area contributed by atoms with Crippen molar-refractivity contribution in [2.75, 3.05) is 0 Å². The van der Waals surface area contributed by atoms with E-state index >= 15 is 0 Å². The summed E-state index contributed by atoms with van der Waals surface area (Å²) in [4.78, 5) is 0. The second-order valence-electron chi connectivity index (χ2n) is 5.29. The molecule has 2 atom stereocenters. The molecule has 4 nitrogen and oxygen atoms in total. The van der Waals surface area contributed by atoms with E-state index in [4.69, 9.17) is 4.52 Å². The maximum Gasteiger partial charge on any atom is 0.124 e. The van der Waals surface area contributed by atoms with Crippen LogP contribution in [0.2, 0.25) is 0 Å². The molecular weight excluding hydrogens is 240 g/mol. The first kappa shape index (κ1) is 12.2. The van der Waals surface area contributed by atoms with Gasteiger partial charge in [-0.15, -0.1) is 0 Å². The number of nitrogens with zero attached hydrogens (tertiary/aromatic N) is 1. The van der Waals surface area contributed by atoms with Crippen molar-refractivity contribution in [3.05, 3.63) is 46.8 Å². The first-order valence-electron chi connectivity index (χ1n) is 6.62. The minimum absolute atomic E-state index is 0.182. The van der Waals surface area contributed by atoms with Crippen molar-refractivity contribution in [2.24, 2.45) is 0 Å². The fourth-order valence-electron chi connectivity index (χ4n) is 3.09. The molecule has 4 heteroatoms. The number of phenolic OH excluding ortho intramolecular Hbond substituents is 1. The number of nitrogens with one attached hydrogen (secondary N) is 1. The molecule has 0 bridgehead atoms. The van der Waals surface area contributed by atoms with Gasteiger partial charge >= 0.3 is 0 Å². The van der Waals surface area contributed by atoms with Gasteiger partial charge in [-0.05, 0) is 36.5 Å². The number of aryl methyl sites for hydroxylation is 1. The highest BCUT2D eigenvalue weighted by Gasteiger charge is 2.31. The molecule has 1 aliphatic carbocycles. The van der Waals surface area contributed by atoms with Crippen LogP contribution < -0.4 is 5.32 Å². The zero-order valence-electron chi connectivity index (χ0n) is 11.2. The Kier molecular flexibility index (Phi) is 3.03. The second-order valence-corrected chi connectivity index (χ2v) is 5.29. The number of fused-ring (bicyclic) bond motifs is 1. The fraction of sp³-hybridized carbons (Fsp3) is 0.400. The topological polar surface area (TPSA) is 58.3 Å². The van der Waals surface area contributed by atoms with Crippen LogP contribution in [-0.2, 0) is 6.54 Å². The molecule has 0 saturated heterocycles. The van der Waals surface area contributed by atoms with Gasteiger partial charge < -0.3 is 14.9 Å². The van der Waals surface area contributed by atoms with Crippen LogP contribution in [0.5, 0.6) is 5.75 Å². The van der Waals surface area contributed by atoms with E-state index in [1.54, 1.807) is 12.3 Å². The number of benzene rings is 1. The van der Waals surface area contributed by atoms with Crippen molar-refractivity contribution in [1.82, 2.24) is 10.5 Å². The predicted octanol–water partition coefficient (Wildman–Crippen LogP) is 3.03. The molecule has 1 heterocycles. The molecule has 0 radical (unpaired) electrons. The SMILES string of the molecule is Cc1ccc(O)c2c1C(C)CC2NCc1ccon1. The minimum atomic E-state index is 0.182. The lowest BCUT2D eigenvalue weighted by atomic mass is 9.97. The number of aromatic nitrogens is 1. The Hall–Kier alpha value is -1.81. The first-order valence-corrected chi connectivity index (χ1v) is 6.62. The first-order chi connectivity index (χ1) is 9.16. The Balaban J connectivity index is 1.85. The third kappa shape index (κ3) is 2.12. The van der Waals surface area contributed by atoms with Gasteiger partial charge in [0, 0.05) is 24.2 Å². The molecule has 0 spiro atoms. The molecule has 0 aliphatic heterocycles. The van der Waals surface area contributed by atoms with E-state index < -0.39 is 0 Å². The molecule has 3 rings (SSSR count). The molecule has 1 aromatic heterocycles. The van der Waals surface area contributed by atoms with Crippen molar-refractivity contribution in [2.45, 2.75) is 38.8 Å².